The Balaban J connectivity index is 2.71. The highest BCUT2D eigenvalue weighted by Crippen LogP contribution is 2.24. The first-order valence-electron chi connectivity index (χ1n) is 5.85. The molecule has 0 aliphatic heterocycles. The maximum atomic E-state index is 12.2. The van der Waals surface area contributed by atoms with Crippen LogP contribution in [-0.4, -0.2) is 46.1 Å². The van der Waals surface area contributed by atoms with E-state index >= 15 is 0 Å². The molecule has 0 fully saturated rings. The van der Waals surface area contributed by atoms with Gasteiger partial charge in [0, 0.05) is 25.1 Å². The van der Waals surface area contributed by atoms with Gasteiger partial charge < -0.3 is 10.5 Å². The van der Waals surface area contributed by atoms with Crippen LogP contribution in [0.2, 0.25) is 0 Å². The Morgan fingerprint density at radius 1 is 1.44 bits per heavy atom. The zero-order chi connectivity index (χ0) is 13.6. The molecule has 18 heavy (non-hydrogen) atoms. The number of thiophene rings is 1. The van der Waals surface area contributed by atoms with E-state index in [1.54, 1.807) is 13.1 Å². The second-order valence-electron chi connectivity index (χ2n) is 3.78. The molecule has 5 nitrogen and oxygen atoms in total. The van der Waals surface area contributed by atoms with Gasteiger partial charge in [-0.2, -0.15) is 4.31 Å². The Morgan fingerprint density at radius 3 is 2.78 bits per heavy atom. The zero-order valence-electron chi connectivity index (χ0n) is 10.8. The maximum absolute atomic E-state index is 12.2. The summed E-state index contributed by atoms with van der Waals surface area (Å²) in [6.45, 7) is 3.77. The fourth-order valence-corrected chi connectivity index (χ4v) is 4.12. The summed E-state index contributed by atoms with van der Waals surface area (Å²) in [6, 6.07) is 3.46. The van der Waals surface area contributed by atoms with Crippen molar-refractivity contribution in [3.8, 4) is 0 Å². The van der Waals surface area contributed by atoms with Crippen molar-refractivity contribution in [2.45, 2.75) is 17.6 Å². The molecular weight excluding hydrogens is 272 g/mol. The lowest BCUT2D eigenvalue weighted by Crippen LogP contribution is -2.29. The van der Waals surface area contributed by atoms with E-state index < -0.39 is 10.0 Å². The second kappa shape index (κ2) is 7.20. The lowest BCUT2D eigenvalue weighted by molar-refractivity contribution is 0.138. The predicted molar refractivity (Wildman–Crippen MR) is 73.4 cm³/mol. The summed E-state index contributed by atoms with van der Waals surface area (Å²) >= 11 is 1.28. The molecule has 0 radical (unpaired) electrons. The van der Waals surface area contributed by atoms with E-state index in [1.165, 1.54) is 15.6 Å². The van der Waals surface area contributed by atoms with Crippen LogP contribution in [-0.2, 0) is 21.2 Å². The molecule has 0 aliphatic carbocycles. The molecule has 2 N–H and O–H groups in total. The number of likely N-dealkylation sites (N-methyl/N-ethyl adjacent to an activating group) is 1. The lowest BCUT2D eigenvalue weighted by atomic mass is 10.3. The van der Waals surface area contributed by atoms with Gasteiger partial charge in [0.05, 0.1) is 6.61 Å². The molecule has 0 bridgehead atoms. The molecule has 1 aromatic heterocycles. The standard InChI is InChI=1S/C11H20N2O3S2/c1-3-16-9-8-13(2)18(14,15)11-5-4-10(17-11)6-7-12/h4-5H,3,6-9,12H2,1-2H3. The Bertz CT molecular complexity index is 457. The number of sulfonamides is 1. The van der Waals surface area contributed by atoms with Crippen molar-refractivity contribution in [3.63, 3.8) is 0 Å². The minimum absolute atomic E-state index is 0.361. The number of hydrogen-bond donors (Lipinski definition) is 1. The number of nitrogens with two attached hydrogens (primary N) is 1. The molecule has 0 spiro atoms. The van der Waals surface area contributed by atoms with Crippen molar-refractivity contribution in [2.75, 3.05) is 33.4 Å². The minimum Gasteiger partial charge on any atom is -0.380 e. The molecule has 0 saturated carbocycles. The van der Waals surface area contributed by atoms with Crippen LogP contribution in [0.3, 0.4) is 0 Å². The van der Waals surface area contributed by atoms with Gasteiger partial charge in [0.2, 0.25) is 0 Å². The zero-order valence-corrected chi connectivity index (χ0v) is 12.4. The van der Waals surface area contributed by atoms with E-state index in [4.69, 9.17) is 10.5 Å². The van der Waals surface area contributed by atoms with Gasteiger partial charge in [-0.3, -0.25) is 0 Å². The molecule has 1 rings (SSSR count). The van der Waals surface area contributed by atoms with Crippen molar-refractivity contribution in [2.24, 2.45) is 5.73 Å². The molecule has 0 saturated heterocycles. The topological polar surface area (TPSA) is 72.6 Å². The van der Waals surface area contributed by atoms with E-state index in [1.807, 2.05) is 13.0 Å². The fourth-order valence-electron chi connectivity index (χ4n) is 1.38. The summed E-state index contributed by atoms with van der Waals surface area (Å²) in [6.07, 6.45) is 0.711. The van der Waals surface area contributed by atoms with Crippen LogP contribution >= 0.6 is 11.3 Å². The largest absolute Gasteiger partial charge is 0.380 e. The van der Waals surface area contributed by atoms with Crippen LogP contribution in [0.25, 0.3) is 0 Å². The predicted octanol–water partition coefficient (Wildman–Crippen LogP) is 0.906. The van der Waals surface area contributed by atoms with Gasteiger partial charge in [0.25, 0.3) is 10.0 Å². The molecule has 7 heteroatoms. The third-order valence-corrected chi connectivity index (χ3v) is 5.92. The highest BCUT2D eigenvalue weighted by atomic mass is 32.2. The van der Waals surface area contributed by atoms with E-state index in [2.05, 4.69) is 0 Å². The first-order valence-corrected chi connectivity index (χ1v) is 8.11. The second-order valence-corrected chi connectivity index (χ2v) is 7.22. The van der Waals surface area contributed by atoms with Crippen LogP contribution in [0.5, 0.6) is 0 Å². The highest BCUT2D eigenvalue weighted by Gasteiger charge is 2.22. The summed E-state index contributed by atoms with van der Waals surface area (Å²) in [5.41, 5.74) is 5.45. The molecule has 0 aliphatic rings. The number of ether oxygens (including phenoxy) is 1. The monoisotopic (exact) mass is 292 g/mol. The van der Waals surface area contributed by atoms with E-state index in [0.29, 0.717) is 36.9 Å². The van der Waals surface area contributed by atoms with Crippen LogP contribution in [0.1, 0.15) is 11.8 Å². The van der Waals surface area contributed by atoms with Crippen molar-refractivity contribution < 1.29 is 13.2 Å². The van der Waals surface area contributed by atoms with Gasteiger partial charge >= 0.3 is 0 Å². The smallest absolute Gasteiger partial charge is 0.252 e. The molecule has 104 valence electrons. The quantitative estimate of drug-likeness (QED) is 0.723. The average Bonchev–Trinajstić information content (AvgIpc) is 2.79. The summed E-state index contributed by atoms with van der Waals surface area (Å²) in [7, 11) is -1.82. The van der Waals surface area contributed by atoms with E-state index in [0.717, 1.165) is 4.88 Å². The van der Waals surface area contributed by atoms with Crippen molar-refractivity contribution in [1.82, 2.24) is 4.31 Å². The summed E-state index contributed by atoms with van der Waals surface area (Å²) in [5.74, 6) is 0. The molecule has 0 atom stereocenters. The Kier molecular flexibility index (Phi) is 6.24. The van der Waals surface area contributed by atoms with Crippen LogP contribution < -0.4 is 5.73 Å². The van der Waals surface area contributed by atoms with Gasteiger partial charge in [-0.05, 0) is 32.0 Å². The summed E-state index contributed by atoms with van der Waals surface area (Å²) in [5, 5.41) is 0. The molecule has 0 aromatic carbocycles. The van der Waals surface area contributed by atoms with Crippen molar-refractivity contribution in [1.29, 1.82) is 0 Å². The average molecular weight is 292 g/mol. The van der Waals surface area contributed by atoms with Gasteiger partial charge in [0.15, 0.2) is 0 Å². The first-order chi connectivity index (χ1) is 8.52. The van der Waals surface area contributed by atoms with E-state index in [-0.39, 0.29) is 0 Å². The Hall–Kier alpha value is -0.470. The van der Waals surface area contributed by atoms with Crippen LogP contribution in [0.15, 0.2) is 16.3 Å². The molecule has 1 heterocycles. The van der Waals surface area contributed by atoms with Crippen molar-refractivity contribution >= 4 is 21.4 Å². The maximum Gasteiger partial charge on any atom is 0.252 e. The number of nitrogens with zero attached hydrogens (tertiary/aromatic N) is 1. The Morgan fingerprint density at radius 2 is 2.17 bits per heavy atom. The third kappa shape index (κ3) is 4.03. The normalized spacial score (nSPS) is 12.2. The highest BCUT2D eigenvalue weighted by molar-refractivity contribution is 7.91. The lowest BCUT2D eigenvalue weighted by Gasteiger charge is -2.15. The number of rotatable bonds is 8. The fraction of sp³-hybridized carbons (Fsp3) is 0.636. The van der Waals surface area contributed by atoms with Crippen LogP contribution in [0, 0.1) is 0 Å². The SMILES string of the molecule is CCOCCN(C)S(=O)(=O)c1ccc(CCN)s1. The molecular formula is C11H20N2O3S2. The van der Waals surface area contributed by atoms with E-state index in [9.17, 15) is 8.42 Å². The summed E-state index contributed by atoms with van der Waals surface area (Å²) < 4.78 is 31.2. The van der Waals surface area contributed by atoms with Gasteiger partial charge in [0.1, 0.15) is 4.21 Å². The van der Waals surface area contributed by atoms with Gasteiger partial charge in [-0.25, -0.2) is 8.42 Å². The molecule has 1 aromatic rings. The number of hydrogen-bond acceptors (Lipinski definition) is 5. The molecule has 0 amide bonds. The Labute approximate surface area is 113 Å². The summed E-state index contributed by atoms with van der Waals surface area (Å²) in [4.78, 5) is 0.995. The van der Waals surface area contributed by atoms with Gasteiger partial charge in [-0.15, -0.1) is 11.3 Å². The molecule has 0 unspecified atom stereocenters. The van der Waals surface area contributed by atoms with Crippen LogP contribution in [0.4, 0.5) is 0 Å². The first kappa shape index (κ1) is 15.6. The minimum atomic E-state index is -3.39. The van der Waals surface area contributed by atoms with Crippen molar-refractivity contribution in [3.05, 3.63) is 17.0 Å². The van der Waals surface area contributed by atoms with Gasteiger partial charge in [-0.1, -0.05) is 0 Å². The third-order valence-electron chi connectivity index (χ3n) is 2.45.